The number of fused-ring (bicyclic) bond motifs is 10. The molecule has 0 aliphatic carbocycles. The van der Waals surface area contributed by atoms with Crippen molar-refractivity contribution in [2.75, 3.05) is 14.7 Å². The number of nitrogens with zero attached hydrogens (tertiary/aromatic N) is 3. The predicted octanol–water partition coefficient (Wildman–Crippen LogP) is 19.1. The van der Waals surface area contributed by atoms with E-state index in [0.29, 0.717) is 0 Å². The fourth-order valence-electron chi connectivity index (χ4n) is 12.4. The molecule has 6 heteroatoms. The van der Waals surface area contributed by atoms with Crippen molar-refractivity contribution in [2.45, 2.75) is 78.6 Å². The Bertz CT molecular complexity index is 4270. The van der Waals surface area contributed by atoms with Crippen molar-refractivity contribution in [1.82, 2.24) is 0 Å². The molecule has 0 N–H and O–H groups in total. The fraction of sp³-hybridized carbons (Fsp3) is 0.167. The van der Waals surface area contributed by atoms with Gasteiger partial charge in [0.1, 0.15) is 5.58 Å². The van der Waals surface area contributed by atoms with Crippen molar-refractivity contribution in [3.8, 4) is 11.1 Å². The number of furan rings is 1. The highest BCUT2D eigenvalue weighted by atomic mass is 32.1. The lowest BCUT2D eigenvalue weighted by Crippen LogP contribution is -2.61. The molecule has 0 spiro atoms. The molecule has 10 aromatic carbocycles. The number of hydrogen-bond acceptors (Lipinski definition) is 5. The molecule has 12 aromatic rings. The van der Waals surface area contributed by atoms with E-state index in [1.54, 1.807) is 0 Å². The zero-order chi connectivity index (χ0) is 53.4. The molecule has 0 unspecified atom stereocenters. The maximum atomic E-state index is 7.07. The first kappa shape index (κ1) is 48.1. The van der Waals surface area contributed by atoms with Crippen LogP contribution in [0.15, 0.2) is 217 Å². The number of anilines is 9. The van der Waals surface area contributed by atoms with Crippen LogP contribution in [-0.2, 0) is 16.2 Å². The van der Waals surface area contributed by atoms with Crippen LogP contribution >= 0.6 is 11.3 Å². The molecular formula is C72H62BN3OS. The second-order valence-corrected chi connectivity index (χ2v) is 25.7. The first-order valence-corrected chi connectivity index (χ1v) is 28.3. The van der Waals surface area contributed by atoms with Gasteiger partial charge in [-0.1, -0.05) is 184 Å². The van der Waals surface area contributed by atoms with Crippen LogP contribution in [0.2, 0.25) is 0 Å². The van der Waals surface area contributed by atoms with Gasteiger partial charge in [-0.2, -0.15) is 0 Å². The summed E-state index contributed by atoms with van der Waals surface area (Å²) in [4.78, 5) is 7.55. The Morgan fingerprint density at radius 2 is 0.936 bits per heavy atom. The number of rotatable bonds is 6. The highest BCUT2D eigenvalue weighted by molar-refractivity contribution is 7.26. The standard InChI is InChI=1S/C72H62BN3OS/c1-70(2,3)47-26-32-50(33-27-47)74(51-34-28-48(29-35-51)71(4,5)6)53-38-39-58-61(42-53)76(60-23-17-22-56-54-20-13-15-24-65(54)77-69(56)60)64-41-46(45-18-11-10-12-19-45)40-63-68(64)73(58)59-44-67-57(55-21-14-16-25-66(55)78-67)43-62(59)75(63)52-36-30-49(31-37-52)72(7,8)9/h10-44H,1-9H3. The zero-order valence-electron chi connectivity index (χ0n) is 45.9. The summed E-state index contributed by atoms with van der Waals surface area (Å²) in [6.07, 6.45) is 0. The smallest absolute Gasteiger partial charge is 0.252 e. The fourth-order valence-corrected chi connectivity index (χ4v) is 13.5. The molecule has 78 heavy (non-hydrogen) atoms. The Hall–Kier alpha value is -8.32. The van der Waals surface area contributed by atoms with Crippen LogP contribution < -0.4 is 31.1 Å². The van der Waals surface area contributed by atoms with Crippen molar-refractivity contribution in [3.05, 3.63) is 229 Å². The van der Waals surface area contributed by atoms with Gasteiger partial charge in [0, 0.05) is 76.4 Å². The molecule has 4 heterocycles. The monoisotopic (exact) mass is 1030 g/mol. The van der Waals surface area contributed by atoms with E-state index in [1.165, 1.54) is 64.6 Å². The summed E-state index contributed by atoms with van der Waals surface area (Å²) in [5, 5.41) is 4.77. The minimum atomic E-state index is -0.115. The van der Waals surface area contributed by atoms with E-state index in [1.807, 2.05) is 11.3 Å². The minimum absolute atomic E-state index is 0.000346. The lowest BCUT2D eigenvalue weighted by molar-refractivity contribution is 0.590. The minimum Gasteiger partial charge on any atom is -0.454 e. The second kappa shape index (κ2) is 17.6. The van der Waals surface area contributed by atoms with Crippen LogP contribution in [-0.4, -0.2) is 6.71 Å². The third-order valence-corrected chi connectivity index (χ3v) is 17.6. The predicted molar refractivity (Wildman–Crippen MR) is 337 cm³/mol. The molecule has 0 radical (unpaired) electrons. The van der Waals surface area contributed by atoms with E-state index < -0.39 is 0 Å². The molecule has 0 atom stereocenters. The molecule has 0 bridgehead atoms. The largest absolute Gasteiger partial charge is 0.454 e. The lowest BCUT2D eigenvalue weighted by atomic mass is 9.33. The van der Waals surface area contributed by atoms with Gasteiger partial charge in [0.15, 0.2) is 5.58 Å². The van der Waals surface area contributed by atoms with Crippen molar-refractivity contribution in [3.63, 3.8) is 0 Å². The molecule has 14 rings (SSSR count). The Labute approximate surface area is 462 Å². The van der Waals surface area contributed by atoms with Gasteiger partial charge in [-0.3, -0.25) is 0 Å². The molecule has 0 saturated carbocycles. The number of para-hydroxylation sites is 2. The SMILES string of the molecule is CC(C)(C)c1ccc(N(c2ccc(C(C)(C)C)cc2)c2ccc3c(c2)N(c2cccc4c2oc2ccccc24)c2cc(-c4ccccc4)cc4c2B3c2cc3sc5ccccc5c3cc2N4c2ccc(C(C)(C)C)cc2)cc1. The van der Waals surface area contributed by atoms with Gasteiger partial charge < -0.3 is 19.1 Å². The van der Waals surface area contributed by atoms with Gasteiger partial charge in [-0.15, -0.1) is 11.3 Å². The highest BCUT2D eigenvalue weighted by Crippen LogP contribution is 2.51. The van der Waals surface area contributed by atoms with Crippen LogP contribution in [0.1, 0.15) is 79.0 Å². The Kier molecular flexibility index (Phi) is 10.9. The van der Waals surface area contributed by atoms with Crippen LogP contribution in [0.4, 0.5) is 51.2 Å². The number of thiophene rings is 1. The highest BCUT2D eigenvalue weighted by Gasteiger charge is 2.45. The number of hydrogen-bond donors (Lipinski definition) is 0. The van der Waals surface area contributed by atoms with Gasteiger partial charge in [0.25, 0.3) is 6.71 Å². The summed E-state index contributed by atoms with van der Waals surface area (Å²) in [6, 6.07) is 79.9. The normalized spacial score (nSPS) is 13.4. The van der Waals surface area contributed by atoms with Crippen LogP contribution in [0.5, 0.6) is 0 Å². The Morgan fingerprint density at radius 1 is 0.385 bits per heavy atom. The van der Waals surface area contributed by atoms with Gasteiger partial charge in [-0.05, 0) is 151 Å². The average molecular weight is 1030 g/mol. The van der Waals surface area contributed by atoms with E-state index in [2.05, 4.69) is 289 Å². The van der Waals surface area contributed by atoms with Crippen LogP contribution in [0.3, 0.4) is 0 Å². The van der Waals surface area contributed by atoms with Crippen molar-refractivity contribution < 1.29 is 4.42 Å². The molecule has 0 amide bonds. The van der Waals surface area contributed by atoms with E-state index in [9.17, 15) is 0 Å². The maximum absolute atomic E-state index is 7.07. The molecule has 0 fully saturated rings. The molecule has 380 valence electrons. The third-order valence-electron chi connectivity index (χ3n) is 16.5. The molecule has 4 nitrogen and oxygen atoms in total. The number of benzene rings is 10. The quantitative estimate of drug-likeness (QED) is 0.155. The Morgan fingerprint density at radius 3 is 1.59 bits per heavy atom. The van der Waals surface area contributed by atoms with Crippen LogP contribution in [0.25, 0.3) is 53.2 Å². The molecular weight excluding hydrogens is 966 g/mol. The molecule has 0 saturated heterocycles. The molecule has 2 aromatic heterocycles. The van der Waals surface area contributed by atoms with E-state index in [0.717, 1.165) is 72.9 Å². The maximum Gasteiger partial charge on any atom is 0.252 e. The van der Waals surface area contributed by atoms with Crippen molar-refractivity contribution in [1.29, 1.82) is 0 Å². The van der Waals surface area contributed by atoms with E-state index in [4.69, 9.17) is 4.42 Å². The first-order valence-electron chi connectivity index (χ1n) is 27.5. The zero-order valence-corrected chi connectivity index (χ0v) is 46.8. The third kappa shape index (κ3) is 7.78. The Balaban J connectivity index is 1.10. The van der Waals surface area contributed by atoms with Gasteiger partial charge in [0.2, 0.25) is 0 Å². The van der Waals surface area contributed by atoms with E-state index >= 15 is 0 Å². The molecule has 2 aliphatic rings. The van der Waals surface area contributed by atoms with Gasteiger partial charge in [0.05, 0.1) is 5.69 Å². The second-order valence-electron chi connectivity index (χ2n) is 24.6. The van der Waals surface area contributed by atoms with Crippen molar-refractivity contribution >= 4 is 128 Å². The van der Waals surface area contributed by atoms with Gasteiger partial charge >= 0.3 is 0 Å². The van der Waals surface area contributed by atoms with Crippen LogP contribution in [0, 0.1) is 0 Å². The van der Waals surface area contributed by atoms with Gasteiger partial charge in [-0.25, -0.2) is 0 Å². The van der Waals surface area contributed by atoms with E-state index in [-0.39, 0.29) is 23.0 Å². The topological polar surface area (TPSA) is 22.9 Å². The summed E-state index contributed by atoms with van der Waals surface area (Å²) in [5.41, 5.74) is 21.8. The molecule has 2 aliphatic heterocycles. The first-order chi connectivity index (χ1) is 37.6. The summed E-state index contributed by atoms with van der Waals surface area (Å²) in [6.45, 7) is 20.5. The lowest BCUT2D eigenvalue weighted by Gasteiger charge is -2.45. The van der Waals surface area contributed by atoms with Crippen molar-refractivity contribution in [2.24, 2.45) is 0 Å². The summed E-state index contributed by atoms with van der Waals surface area (Å²) in [5.74, 6) is 0. The summed E-state index contributed by atoms with van der Waals surface area (Å²) >= 11 is 1.89. The summed E-state index contributed by atoms with van der Waals surface area (Å²) in [7, 11) is 0. The average Bonchev–Trinajstić information content (AvgIpc) is 3.00. The summed E-state index contributed by atoms with van der Waals surface area (Å²) < 4.78 is 9.66.